The highest BCUT2D eigenvalue weighted by atomic mass is 32.2. The van der Waals surface area contributed by atoms with E-state index >= 15 is 0 Å². The van der Waals surface area contributed by atoms with Crippen LogP contribution in [0.1, 0.15) is 71.1 Å². The number of carbonyl (C=O) groups excluding carboxylic acids is 1. The predicted molar refractivity (Wildman–Crippen MR) is 138 cm³/mol. The fraction of sp³-hybridized carbons (Fsp3) is 0.367. The minimum atomic E-state index is -0.909. The minimum absolute atomic E-state index is 0.0146. The first-order valence-electron chi connectivity index (χ1n) is 12.3. The molecule has 0 unspecified atom stereocenters. The molecule has 0 atom stereocenters. The molecule has 0 aliphatic carbocycles. The maximum Gasteiger partial charge on any atom is 0.166 e. The highest BCUT2D eigenvalue weighted by Gasteiger charge is 2.27. The summed E-state index contributed by atoms with van der Waals surface area (Å²) in [6.45, 7) is 2.22. The highest BCUT2D eigenvalue weighted by Crippen LogP contribution is 2.30. The first-order valence-corrected chi connectivity index (χ1v) is 13.5. The minimum Gasteiger partial charge on any atom is -0.550 e. The molecule has 33 heavy (non-hydrogen) atoms. The molecule has 0 aliphatic heterocycles. The number of unbranched alkanes of at least 4 members (excludes halogenated alkanes) is 8. The normalized spacial score (nSPS) is 10.5. The Hall–Kier alpha value is -2.52. The third kappa shape index (κ3) is 11.3. The quantitative estimate of drug-likeness (QED) is 0.196. The molecule has 0 saturated heterocycles. The zero-order chi connectivity index (χ0) is 23.6. The summed E-state index contributed by atoms with van der Waals surface area (Å²) in [4.78, 5) is 14.2. The molecule has 3 rings (SSSR count). The summed E-state index contributed by atoms with van der Waals surface area (Å²) in [7, 11) is -0.0146. The third-order valence-corrected chi connectivity index (χ3v) is 7.65. The summed E-state index contributed by atoms with van der Waals surface area (Å²) < 4.78 is 0. The van der Waals surface area contributed by atoms with Crippen LogP contribution < -0.4 is 5.11 Å². The number of carboxylic acid groups (broad SMARTS) is 1. The van der Waals surface area contributed by atoms with Gasteiger partial charge in [0.2, 0.25) is 0 Å². The van der Waals surface area contributed by atoms with Crippen LogP contribution in [-0.4, -0.2) is 5.97 Å². The largest absolute Gasteiger partial charge is 0.550 e. The molecule has 3 aromatic carbocycles. The Kier molecular flexibility index (Phi) is 13.8. The van der Waals surface area contributed by atoms with Crippen LogP contribution >= 0.6 is 0 Å². The second kappa shape index (κ2) is 17.0. The van der Waals surface area contributed by atoms with Crippen LogP contribution in [0.4, 0.5) is 0 Å². The second-order valence-electron chi connectivity index (χ2n) is 8.20. The molecule has 0 heterocycles. The van der Waals surface area contributed by atoms with E-state index in [-0.39, 0.29) is 17.3 Å². The predicted octanol–water partition coefficient (Wildman–Crippen LogP) is 7.44. The number of benzene rings is 3. The van der Waals surface area contributed by atoms with Gasteiger partial charge in [0.05, 0.1) is 10.9 Å². The molecule has 3 heteroatoms. The Balaban J connectivity index is 0.000000248. The van der Waals surface area contributed by atoms with Gasteiger partial charge in [-0.15, -0.1) is 0 Å². The molecule has 0 amide bonds. The molecule has 0 aliphatic rings. The van der Waals surface area contributed by atoms with Crippen molar-refractivity contribution in [3.63, 3.8) is 0 Å². The molecule has 0 fully saturated rings. The molecule has 0 N–H and O–H groups in total. The summed E-state index contributed by atoms with van der Waals surface area (Å²) in [5, 5.41) is 10.1. The van der Waals surface area contributed by atoms with Crippen molar-refractivity contribution in [1.82, 2.24) is 0 Å². The smallest absolute Gasteiger partial charge is 0.166 e. The van der Waals surface area contributed by atoms with Crippen molar-refractivity contribution >= 4 is 16.9 Å². The summed E-state index contributed by atoms with van der Waals surface area (Å²) in [6.07, 6.45) is 11.2. The van der Waals surface area contributed by atoms with Crippen molar-refractivity contribution in [2.45, 2.75) is 85.8 Å². The van der Waals surface area contributed by atoms with E-state index in [4.69, 9.17) is 0 Å². The van der Waals surface area contributed by atoms with Gasteiger partial charge in [0, 0.05) is 5.97 Å². The summed E-state index contributed by atoms with van der Waals surface area (Å²) in [5.74, 6) is -0.909. The van der Waals surface area contributed by atoms with Gasteiger partial charge in [0.25, 0.3) is 0 Å². The van der Waals surface area contributed by atoms with Gasteiger partial charge >= 0.3 is 0 Å². The van der Waals surface area contributed by atoms with Crippen LogP contribution in [0.3, 0.4) is 0 Å². The van der Waals surface area contributed by atoms with E-state index in [0.29, 0.717) is 0 Å². The first-order chi connectivity index (χ1) is 16.2. The van der Waals surface area contributed by atoms with Crippen molar-refractivity contribution < 1.29 is 9.90 Å². The molecule has 3 aromatic rings. The van der Waals surface area contributed by atoms with Gasteiger partial charge in [-0.05, 0) is 49.2 Å². The van der Waals surface area contributed by atoms with E-state index in [9.17, 15) is 9.90 Å². The van der Waals surface area contributed by atoms with Gasteiger partial charge < -0.3 is 9.90 Å². The van der Waals surface area contributed by atoms with Crippen molar-refractivity contribution in [3.8, 4) is 0 Å². The summed E-state index contributed by atoms with van der Waals surface area (Å²) in [5.41, 5.74) is 0. The van der Waals surface area contributed by atoms with Gasteiger partial charge in [-0.1, -0.05) is 113 Å². The lowest BCUT2D eigenvalue weighted by Crippen LogP contribution is -2.21. The van der Waals surface area contributed by atoms with E-state index in [2.05, 4.69) is 97.9 Å². The van der Waals surface area contributed by atoms with Crippen LogP contribution in [-0.2, 0) is 15.7 Å². The zero-order valence-corrected chi connectivity index (χ0v) is 20.8. The Labute approximate surface area is 203 Å². The second-order valence-corrected chi connectivity index (χ2v) is 10.2. The third-order valence-electron chi connectivity index (χ3n) is 5.42. The Morgan fingerprint density at radius 2 is 0.909 bits per heavy atom. The first kappa shape index (κ1) is 26.7. The average molecular weight is 463 g/mol. The van der Waals surface area contributed by atoms with Gasteiger partial charge in [-0.2, -0.15) is 0 Å². The summed E-state index contributed by atoms with van der Waals surface area (Å²) >= 11 is 0. The maximum atomic E-state index is 10.1. The van der Waals surface area contributed by atoms with E-state index in [1.165, 1.54) is 59.6 Å². The van der Waals surface area contributed by atoms with Crippen LogP contribution in [0.15, 0.2) is 106 Å². The van der Waals surface area contributed by atoms with E-state index in [0.717, 1.165) is 12.8 Å². The molecular formula is C30H38O2S. The van der Waals surface area contributed by atoms with Gasteiger partial charge in [0.1, 0.15) is 0 Å². The van der Waals surface area contributed by atoms with Crippen molar-refractivity contribution in [3.05, 3.63) is 91.0 Å². The number of carbonyl (C=O) groups is 1. The molecule has 2 nitrogen and oxygen atoms in total. The number of rotatable bonds is 13. The molecule has 0 aromatic heterocycles. The standard InChI is InChI=1S/C18H15S.C12H24O2/c1-4-10-16(11-5-1)19(17-12-6-2-7-13-17)18-14-8-3-9-15-18;1-2-3-4-5-6-7-8-9-10-11-12(13)14/h1-15H;2-11H2,1H3,(H,13,14)/q+1;/p-1. The van der Waals surface area contributed by atoms with Crippen molar-refractivity contribution in [2.75, 3.05) is 0 Å². The number of hydrogen-bond acceptors (Lipinski definition) is 2. The van der Waals surface area contributed by atoms with Gasteiger partial charge in [-0.3, -0.25) is 0 Å². The van der Waals surface area contributed by atoms with E-state index in [1.54, 1.807) is 0 Å². The van der Waals surface area contributed by atoms with Crippen LogP contribution in [0.2, 0.25) is 0 Å². The lowest BCUT2D eigenvalue weighted by molar-refractivity contribution is -0.305. The number of hydrogen-bond donors (Lipinski definition) is 0. The van der Waals surface area contributed by atoms with Crippen LogP contribution in [0.25, 0.3) is 0 Å². The average Bonchev–Trinajstić information content (AvgIpc) is 2.85. The lowest BCUT2D eigenvalue weighted by Gasteiger charge is -2.07. The molecule has 0 radical (unpaired) electrons. The molecule has 0 bridgehead atoms. The van der Waals surface area contributed by atoms with E-state index in [1.807, 2.05) is 0 Å². The fourth-order valence-corrected chi connectivity index (χ4v) is 5.76. The van der Waals surface area contributed by atoms with Gasteiger partial charge in [-0.25, -0.2) is 0 Å². The summed E-state index contributed by atoms with van der Waals surface area (Å²) in [6, 6.07) is 32.2. The molecule has 0 saturated carbocycles. The highest BCUT2D eigenvalue weighted by molar-refractivity contribution is 7.97. The Morgan fingerprint density at radius 3 is 1.24 bits per heavy atom. The van der Waals surface area contributed by atoms with Crippen LogP contribution in [0, 0.1) is 0 Å². The Bertz CT molecular complexity index is 772. The van der Waals surface area contributed by atoms with Gasteiger partial charge in [0.15, 0.2) is 14.7 Å². The van der Waals surface area contributed by atoms with E-state index < -0.39 is 5.97 Å². The van der Waals surface area contributed by atoms with Crippen molar-refractivity contribution in [1.29, 1.82) is 0 Å². The topological polar surface area (TPSA) is 40.1 Å². The lowest BCUT2D eigenvalue weighted by atomic mass is 10.1. The van der Waals surface area contributed by atoms with Crippen molar-refractivity contribution in [2.24, 2.45) is 0 Å². The fourth-order valence-electron chi connectivity index (χ4n) is 3.66. The SMILES string of the molecule is CCCCCCCCCCCC(=O)[O-].c1ccc([S+](c2ccccc2)c2ccccc2)cc1. The van der Waals surface area contributed by atoms with Crippen LogP contribution in [0.5, 0.6) is 0 Å². The molecule has 176 valence electrons. The molecule has 0 spiro atoms. The Morgan fingerprint density at radius 1 is 0.576 bits per heavy atom. The monoisotopic (exact) mass is 462 g/mol. The number of carboxylic acids is 1. The number of aliphatic carboxylic acids is 1. The zero-order valence-electron chi connectivity index (χ0n) is 20.0. The molecular weight excluding hydrogens is 424 g/mol. The maximum absolute atomic E-state index is 10.1.